The molecule has 0 aromatic carbocycles. The van der Waals surface area contributed by atoms with Crippen LogP contribution in [0.5, 0.6) is 0 Å². The van der Waals surface area contributed by atoms with Gasteiger partial charge in [-0.15, -0.1) is 23.2 Å². The number of alkyl halides is 2. The van der Waals surface area contributed by atoms with E-state index in [1.807, 2.05) is 4.67 Å². The maximum Gasteiger partial charge on any atom is 0.264 e. The summed E-state index contributed by atoms with van der Waals surface area (Å²) in [7, 11) is 0. The molecule has 1 rings (SSSR count). The number of hydrogen-bond donors (Lipinski definition) is 0. The van der Waals surface area contributed by atoms with Crippen LogP contribution in [0.15, 0.2) is 0 Å². The van der Waals surface area contributed by atoms with Crippen LogP contribution in [0.4, 0.5) is 0 Å². The Labute approximate surface area is 93.5 Å². The van der Waals surface area contributed by atoms with Gasteiger partial charge in [0.1, 0.15) is 0 Å². The van der Waals surface area contributed by atoms with E-state index in [-0.39, 0.29) is 0 Å². The number of rotatable bonds is 5. The Kier molecular flexibility index (Phi) is 5.49. The van der Waals surface area contributed by atoms with E-state index >= 15 is 0 Å². The summed E-state index contributed by atoms with van der Waals surface area (Å²) in [5.74, 6) is 1.03. The lowest BCUT2D eigenvalue weighted by Crippen LogP contribution is -2.25. The van der Waals surface area contributed by atoms with Crippen molar-refractivity contribution in [2.75, 3.05) is 38.1 Å². The van der Waals surface area contributed by atoms with Gasteiger partial charge in [0.15, 0.2) is 0 Å². The molecule has 0 aliphatic carbocycles. The Bertz CT molecular complexity index is 191. The quantitative estimate of drug-likeness (QED) is 0.559. The minimum absolute atomic E-state index is 0.516. The van der Waals surface area contributed by atoms with Gasteiger partial charge in [0, 0.05) is 24.8 Å². The maximum absolute atomic E-state index is 5.65. The first-order chi connectivity index (χ1) is 6.23. The second kappa shape index (κ2) is 5.86. The zero-order valence-electron chi connectivity index (χ0n) is 7.12. The van der Waals surface area contributed by atoms with Crippen LogP contribution in [0.25, 0.3) is 0 Å². The first-order valence-electron chi connectivity index (χ1n) is 3.99. The Balaban J connectivity index is 2.56. The Morgan fingerprint density at radius 2 is 1.62 bits per heavy atom. The highest BCUT2D eigenvalue weighted by atomic mass is 35.5. The van der Waals surface area contributed by atoms with E-state index in [0.29, 0.717) is 38.1 Å². The van der Waals surface area contributed by atoms with E-state index in [1.165, 1.54) is 0 Å². The molecule has 3 nitrogen and oxygen atoms in total. The van der Waals surface area contributed by atoms with Crippen LogP contribution in [-0.2, 0) is 20.9 Å². The summed E-state index contributed by atoms with van der Waals surface area (Å²) in [5.41, 5.74) is 0. The molecule has 0 unspecified atom stereocenters. The van der Waals surface area contributed by atoms with Crippen molar-refractivity contribution in [1.29, 1.82) is 0 Å². The van der Waals surface area contributed by atoms with Gasteiger partial charge in [-0.2, -0.15) is 0 Å². The van der Waals surface area contributed by atoms with Gasteiger partial charge < -0.3 is 9.05 Å². The van der Waals surface area contributed by atoms with Crippen LogP contribution in [0.1, 0.15) is 0 Å². The van der Waals surface area contributed by atoms with Crippen molar-refractivity contribution in [3.8, 4) is 0 Å². The molecule has 0 aromatic rings. The highest BCUT2D eigenvalue weighted by Crippen LogP contribution is 2.55. The molecule has 7 heteroatoms. The van der Waals surface area contributed by atoms with Crippen LogP contribution < -0.4 is 0 Å². The summed E-state index contributed by atoms with van der Waals surface area (Å²) in [6.07, 6.45) is 0. The molecule has 1 aliphatic heterocycles. The van der Waals surface area contributed by atoms with E-state index < -0.39 is 6.64 Å². The molecule has 13 heavy (non-hydrogen) atoms. The molecule has 0 saturated carbocycles. The van der Waals surface area contributed by atoms with Crippen molar-refractivity contribution in [3.63, 3.8) is 0 Å². The van der Waals surface area contributed by atoms with Crippen LogP contribution in [0, 0.1) is 0 Å². The molecular weight excluding hydrogens is 252 g/mol. The third-order valence-electron chi connectivity index (χ3n) is 1.62. The molecule has 1 fully saturated rings. The molecule has 0 aromatic heterocycles. The minimum atomic E-state index is -2.22. The highest BCUT2D eigenvalue weighted by molar-refractivity contribution is 8.08. The SMILES string of the molecule is S=P1(N(CCCl)CCCl)OCCO1. The van der Waals surface area contributed by atoms with Crippen molar-refractivity contribution < 1.29 is 9.05 Å². The normalized spacial score (nSPS) is 21.2. The van der Waals surface area contributed by atoms with Crippen molar-refractivity contribution >= 4 is 41.7 Å². The summed E-state index contributed by atoms with van der Waals surface area (Å²) in [5, 5.41) is 0. The van der Waals surface area contributed by atoms with E-state index in [9.17, 15) is 0 Å². The second-order valence-corrected chi connectivity index (χ2v) is 6.63. The molecule has 1 saturated heterocycles. The average molecular weight is 264 g/mol. The van der Waals surface area contributed by atoms with E-state index in [1.54, 1.807) is 0 Å². The van der Waals surface area contributed by atoms with Gasteiger partial charge in [-0.3, -0.25) is 0 Å². The van der Waals surface area contributed by atoms with Crippen LogP contribution >= 0.6 is 29.8 Å². The topological polar surface area (TPSA) is 21.7 Å². The van der Waals surface area contributed by atoms with Crippen molar-refractivity contribution in [3.05, 3.63) is 0 Å². The largest absolute Gasteiger partial charge is 0.315 e. The molecule has 78 valence electrons. The fourth-order valence-electron chi connectivity index (χ4n) is 1.06. The summed E-state index contributed by atoms with van der Waals surface area (Å²) in [6, 6.07) is 0. The van der Waals surface area contributed by atoms with E-state index in [4.69, 9.17) is 44.1 Å². The van der Waals surface area contributed by atoms with E-state index in [0.717, 1.165) is 0 Å². The molecular formula is C6H12Cl2NO2PS. The van der Waals surface area contributed by atoms with Gasteiger partial charge in [-0.25, -0.2) is 4.67 Å². The molecule has 0 amide bonds. The first-order valence-corrected chi connectivity index (χ1v) is 7.65. The molecule has 1 heterocycles. The summed E-state index contributed by atoms with van der Waals surface area (Å²) in [4.78, 5) is 0. The predicted octanol–water partition coefficient (Wildman–Crippen LogP) is 2.04. The number of halogens is 2. The Hall–Kier alpha value is 1.11. The minimum Gasteiger partial charge on any atom is -0.315 e. The highest BCUT2D eigenvalue weighted by Gasteiger charge is 2.31. The van der Waals surface area contributed by atoms with Gasteiger partial charge in [0.05, 0.1) is 13.2 Å². The average Bonchev–Trinajstić information content (AvgIpc) is 2.53. The first kappa shape index (κ1) is 12.2. The van der Waals surface area contributed by atoms with Crippen molar-refractivity contribution in [2.24, 2.45) is 0 Å². The number of nitrogens with zero attached hydrogens (tertiary/aromatic N) is 1. The maximum atomic E-state index is 5.65. The standard InChI is InChI=1S/C6H12Cl2NO2PS/c7-1-3-9(4-2-8)12(13)10-5-6-11-12/h1-6H2. The summed E-state index contributed by atoms with van der Waals surface area (Å²) < 4.78 is 12.8. The lowest BCUT2D eigenvalue weighted by molar-refractivity contribution is 0.341. The van der Waals surface area contributed by atoms with Gasteiger partial charge in [-0.1, -0.05) is 0 Å². The monoisotopic (exact) mass is 263 g/mol. The summed E-state index contributed by atoms with van der Waals surface area (Å²) in [6.45, 7) is 0.292. The smallest absolute Gasteiger partial charge is 0.264 e. The molecule has 0 N–H and O–H groups in total. The molecule has 0 bridgehead atoms. The molecule has 1 aliphatic rings. The Morgan fingerprint density at radius 1 is 1.15 bits per heavy atom. The summed E-state index contributed by atoms with van der Waals surface area (Å²) >= 11 is 16.6. The molecule has 0 atom stereocenters. The lowest BCUT2D eigenvalue weighted by Gasteiger charge is -2.27. The van der Waals surface area contributed by atoms with Crippen LogP contribution in [0.2, 0.25) is 0 Å². The number of hydrogen-bond acceptors (Lipinski definition) is 3. The molecule has 0 radical (unpaired) electrons. The van der Waals surface area contributed by atoms with Crippen LogP contribution in [0.3, 0.4) is 0 Å². The van der Waals surface area contributed by atoms with Gasteiger partial charge in [0.25, 0.3) is 6.64 Å². The van der Waals surface area contributed by atoms with Crippen LogP contribution in [-0.4, -0.2) is 42.7 Å². The van der Waals surface area contributed by atoms with Crippen molar-refractivity contribution in [2.45, 2.75) is 0 Å². The van der Waals surface area contributed by atoms with Gasteiger partial charge in [-0.05, 0) is 11.8 Å². The fourth-order valence-corrected chi connectivity index (χ4v) is 4.34. The third kappa shape index (κ3) is 3.31. The zero-order chi connectivity index (χ0) is 9.73. The van der Waals surface area contributed by atoms with E-state index in [2.05, 4.69) is 0 Å². The lowest BCUT2D eigenvalue weighted by atomic mass is 10.7. The fraction of sp³-hybridized carbons (Fsp3) is 1.00. The zero-order valence-corrected chi connectivity index (χ0v) is 10.3. The second-order valence-electron chi connectivity index (χ2n) is 2.47. The Morgan fingerprint density at radius 3 is 2.00 bits per heavy atom. The van der Waals surface area contributed by atoms with Crippen molar-refractivity contribution in [1.82, 2.24) is 4.67 Å². The third-order valence-corrected chi connectivity index (χ3v) is 5.40. The molecule has 0 spiro atoms. The van der Waals surface area contributed by atoms with Gasteiger partial charge in [0.2, 0.25) is 0 Å². The predicted molar refractivity (Wildman–Crippen MR) is 59.2 cm³/mol. The van der Waals surface area contributed by atoms with Gasteiger partial charge >= 0.3 is 0 Å².